The Balaban J connectivity index is 1.39. The van der Waals surface area contributed by atoms with E-state index in [1.54, 1.807) is 28.3 Å². The number of carbonyl (C=O) groups excluding carboxylic acids is 1. The number of fused-ring (bicyclic) bond motifs is 1. The minimum absolute atomic E-state index is 0.144. The molecule has 5 heteroatoms. The van der Waals surface area contributed by atoms with Crippen molar-refractivity contribution in [1.29, 1.82) is 0 Å². The van der Waals surface area contributed by atoms with Gasteiger partial charge in [-0.2, -0.15) is 5.10 Å². The number of thiophene rings is 1. The van der Waals surface area contributed by atoms with Gasteiger partial charge in [-0.1, -0.05) is 36.4 Å². The predicted octanol–water partition coefficient (Wildman–Crippen LogP) is 4.06. The Morgan fingerprint density at radius 1 is 1.04 bits per heavy atom. The number of para-hydroxylation sites is 1. The van der Waals surface area contributed by atoms with Gasteiger partial charge in [0.1, 0.15) is 0 Å². The van der Waals surface area contributed by atoms with Crippen LogP contribution >= 0.6 is 11.3 Å². The summed E-state index contributed by atoms with van der Waals surface area (Å²) in [7, 11) is 0. The van der Waals surface area contributed by atoms with Crippen LogP contribution in [0.3, 0.4) is 0 Å². The molecule has 0 unspecified atom stereocenters. The third-order valence-corrected chi connectivity index (χ3v) is 5.10. The van der Waals surface area contributed by atoms with Crippen molar-refractivity contribution >= 4 is 27.3 Å². The molecule has 2 aromatic heterocycles. The van der Waals surface area contributed by atoms with E-state index in [0.717, 1.165) is 12.1 Å². The normalized spacial score (nSPS) is 10.9. The van der Waals surface area contributed by atoms with E-state index in [1.165, 1.54) is 15.6 Å². The number of amides is 1. The van der Waals surface area contributed by atoms with Crippen LogP contribution in [0.5, 0.6) is 0 Å². The molecule has 2 aromatic carbocycles. The number of nitrogens with one attached hydrogen (secondary N) is 1. The third kappa shape index (κ3) is 3.32. The van der Waals surface area contributed by atoms with Gasteiger partial charge in [0.2, 0.25) is 0 Å². The van der Waals surface area contributed by atoms with Gasteiger partial charge >= 0.3 is 0 Å². The quantitative estimate of drug-likeness (QED) is 0.592. The number of hydrogen-bond acceptors (Lipinski definition) is 3. The van der Waals surface area contributed by atoms with E-state index in [4.69, 9.17) is 0 Å². The molecule has 0 fully saturated rings. The summed E-state index contributed by atoms with van der Waals surface area (Å²) >= 11 is 1.74. The van der Waals surface area contributed by atoms with Crippen molar-refractivity contribution in [3.8, 4) is 5.69 Å². The average Bonchev–Trinajstić information content (AvgIpc) is 3.30. The smallest absolute Gasteiger partial charge is 0.271 e. The summed E-state index contributed by atoms with van der Waals surface area (Å²) in [5, 5.41) is 10.8. The van der Waals surface area contributed by atoms with Crippen molar-refractivity contribution in [3.05, 3.63) is 83.5 Å². The van der Waals surface area contributed by atoms with E-state index >= 15 is 0 Å². The van der Waals surface area contributed by atoms with Crippen molar-refractivity contribution in [2.75, 3.05) is 6.54 Å². The molecule has 0 aliphatic carbocycles. The maximum atomic E-state index is 12.3. The monoisotopic (exact) mass is 347 g/mol. The summed E-state index contributed by atoms with van der Waals surface area (Å²) in [4.78, 5) is 12.3. The number of hydrogen-bond donors (Lipinski definition) is 1. The van der Waals surface area contributed by atoms with Crippen LogP contribution in [0.2, 0.25) is 0 Å². The molecule has 2 heterocycles. The van der Waals surface area contributed by atoms with Crippen LogP contribution in [0.25, 0.3) is 15.8 Å². The van der Waals surface area contributed by atoms with E-state index < -0.39 is 0 Å². The van der Waals surface area contributed by atoms with Gasteiger partial charge in [-0.3, -0.25) is 4.79 Å². The molecule has 0 aliphatic heterocycles. The van der Waals surface area contributed by atoms with Gasteiger partial charge in [0.25, 0.3) is 5.91 Å². The summed E-state index contributed by atoms with van der Waals surface area (Å²) in [6.45, 7) is 0.595. The summed E-state index contributed by atoms with van der Waals surface area (Å²) in [5.74, 6) is -0.144. The molecule has 4 rings (SSSR count). The van der Waals surface area contributed by atoms with Crippen molar-refractivity contribution in [2.45, 2.75) is 6.42 Å². The highest BCUT2D eigenvalue weighted by atomic mass is 32.1. The first-order chi connectivity index (χ1) is 12.3. The first-order valence-corrected chi connectivity index (χ1v) is 9.03. The van der Waals surface area contributed by atoms with E-state index in [-0.39, 0.29) is 5.91 Å². The second-order valence-corrected chi connectivity index (χ2v) is 6.66. The minimum atomic E-state index is -0.144. The molecular weight excluding hydrogens is 330 g/mol. The predicted molar refractivity (Wildman–Crippen MR) is 101 cm³/mol. The molecule has 0 spiro atoms. The lowest BCUT2D eigenvalue weighted by Gasteiger charge is -2.03. The fourth-order valence-corrected chi connectivity index (χ4v) is 3.79. The largest absolute Gasteiger partial charge is 0.350 e. The van der Waals surface area contributed by atoms with E-state index in [2.05, 4.69) is 27.9 Å². The van der Waals surface area contributed by atoms with Crippen molar-refractivity contribution in [2.24, 2.45) is 0 Å². The summed E-state index contributed by atoms with van der Waals surface area (Å²) in [6, 6.07) is 19.8. The van der Waals surface area contributed by atoms with Crippen molar-refractivity contribution < 1.29 is 4.79 Å². The highest BCUT2D eigenvalue weighted by Crippen LogP contribution is 2.25. The Hall–Kier alpha value is -2.92. The number of aromatic nitrogens is 2. The topological polar surface area (TPSA) is 46.9 Å². The zero-order chi connectivity index (χ0) is 17.1. The highest BCUT2D eigenvalue weighted by molar-refractivity contribution is 7.17. The van der Waals surface area contributed by atoms with Gasteiger partial charge < -0.3 is 5.32 Å². The van der Waals surface area contributed by atoms with Gasteiger partial charge in [-0.25, -0.2) is 4.68 Å². The number of nitrogens with zero attached hydrogens (tertiary/aromatic N) is 2. The van der Waals surface area contributed by atoms with Crippen LogP contribution in [0.1, 0.15) is 16.1 Å². The first-order valence-electron chi connectivity index (χ1n) is 8.16. The van der Waals surface area contributed by atoms with Crippen LogP contribution < -0.4 is 5.32 Å². The molecule has 124 valence electrons. The standard InChI is InChI=1S/C20H17N3OS/c24-20(18-11-13-23(22-18)16-6-2-1-3-7-16)21-12-10-15-14-25-19-9-5-4-8-17(15)19/h1-9,11,13-14H,10,12H2,(H,21,24). The fraction of sp³-hybridized carbons (Fsp3) is 0.100. The molecule has 1 amide bonds. The second kappa shape index (κ2) is 6.91. The Bertz CT molecular complexity index is 1000. The van der Waals surface area contributed by atoms with Crippen LogP contribution in [0, 0.1) is 0 Å². The number of carbonyl (C=O) groups is 1. The molecular formula is C20H17N3OS. The Labute approximate surface area is 149 Å². The second-order valence-electron chi connectivity index (χ2n) is 5.74. The van der Waals surface area contributed by atoms with Gasteiger partial charge in [-0.15, -0.1) is 11.3 Å². The molecule has 0 atom stereocenters. The highest BCUT2D eigenvalue weighted by Gasteiger charge is 2.10. The van der Waals surface area contributed by atoms with Crippen LogP contribution in [-0.2, 0) is 6.42 Å². The fourth-order valence-electron chi connectivity index (χ4n) is 2.80. The molecule has 0 saturated carbocycles. The van der Waals surface area contributed by atoms with Crippen molar-refractivity contribution in [3.63, 3.8) is 0 Å². The van der Waals surface area contributed by atoms with E-state index in [9.17, 15) is 4.79 Å². The summed E-state index contributed by atoms with van der Waals surface area (Å²) in [5.41, 5.74) is 2.64. The third-order valence-electron chi connectivity index (χ3n) is 4.08. The number of rotatable bonds is 5. The Morgan fingerprint density at radius 3 is 2.72 bits per heavy atom. The molecule has 0 saturated heterocycles. The van der Waals surface area contributed by atoms with Crippen LogP contribution in [-0.4, -0.2) is 22.2 Å². The number of benzene rings is 2. The summed E-state index contributed by atoms with van der Waals surface area (Å²) in [6.07, 6.45) is 2.62. The van der Waals surface area contributed by atoms with Gasteiger partial charge in [0.15, 0.2) is 5.69 Å². The maximum absolute atomic E-state index is 12.3. The summed E-state index contributed by atoms with van der Waals surface area (Å²) < 4.78 is 2.99. The van der Waals surface area contributed by atoms with E-state index in [1.807, 2.05) is 42.5 Å². The minimum Gasteiger partial charge on any atom is -0.350 e. The molecule has 0 radical (unpaired) electrons. The van der Waals surface area contributed by atoms with Crippen molar-refractivity contribution in [1.82, 2.24) is 15.1 Å². The SMILES string of the molecule is O=C(NCCc1csc2ccccc12)c1ccn(-c2ccccc2)n1. The molecule has 1 N–H and O–H groups in total. The van der Waals surface area contributed by atoms with Crippen LogP contribution in [0.4, 0.5) is 0 Å². The van der Waals surface area contributed by atoms with Gasteiger partial charge in [0, 0.05) is 17.4 Å². The average molecular weight is 347 g/mol. The molecule has 0 aliphatic rings. The lowest BCUT2D eigenvalue weighted by molar-refractivity contribution is 0.0949. The van der Waals surface area contributed by atoms with Crippen LogP contribution in [0.15, 0.2) is 72.2 Å². The first kappa shape index (κ1) is 15.6. The maximum Gasteiger partial charge on any atom is 0.271 e. The Morgan fingerprint density at radius 2 is 1.84 bits per heavy atom. The zero-order valence-electron chi connectivity index (χ0n) is 13.6. The van der Waals surface area contributed by atoms with Gasteiger partial charge in [-0.05, 0) is 47.0 Å². The van der Waals surface area contributed by atoms with Gasteiger partial charge in [0.05, 0.1) is 5.69 Å². The Kier molecular flexibility index (Phi) is 4.31. The molecule has 4 aromatic rings. The van der Waals surface area contributed by atoms with E-state index in [0.29, 0.717) is 12.2 Å². The molecule has 25 heavy (non-hydrogen) atoms. The molecule has 0 bridgehead atoms. The molecule has 4 nitrogen and oxygen atoms in total. The lowest BCUT2D eigenvalue weighted by atomic mass is 10.1. The lowest BCUT2D eigenvalue weighted by Crippen LogP contribution is -2.26. The zero-order valence-corrected chi connectivity index (χ0v) is 14.4.